The van der Waals surface area contributed by atoms with E-state index < -0.39 is 10.0 Å². The molecular weight excluding hydrogens is 276 g/mol. The van der Waals surface area contributed by atoms with Gasteiger partial charge in [-0.25, -0.2) is 8.42 Å². The van der Waals surface area contributed by atoms with Gasteiger partial charge in [-0.3, -0.25) is 4.72 Å². The van der Waals surface area contributed by atoms with E-state index in [0.717, 1.165) is 11.1 Å². The molecule has 0 saturated carbocycles. The van der Waals surface area contributed by atoms with Crippen molar-refractivity contribution in [2.45, 2.75) is 25.3 Å². The Labute approximate surface area is 118 Å². The molecule has 0 radical (unpaired) electrons. The van der Waals surface area contributed by atoms with Gasteiger partial charge in [0.1, 0.15) is 4.90 Å². The molecule has 1 heterocycles. The highest BCUT2D eigenvalue weighted by Gasteiger charge is 2.17. The Hall–Kier alpha value is -1.79. The van der Waals surface area contributed by atoms with Crippen molar-refractivity contribution in [3.63, 3.8) is 0 Å². The van der Waals surface area contributed by atoms with Crippen LogP contribution in [0.4, 0.5) is 5.69 Å². The Morgan fingerprint density at radius 1 is 1.15 bits per heavy atom. The Morgan fingerprint density at radius 3 is 2.25 bits per heavy atom. The molecule has 0 saturated heterocycles. The van der Waals surface area contributed by atoms with Crippen molar-refractivity contribution in [2.24, 2.45) is 7.05 Å². The smallest absolute Gasteiger partial charge is 0.263 e. The van der Waals surface area contributed by atoms with Crippen LogP contribution in [-0.2, 0) is 23.7 Å². The number of aromatic nitrogens is 1. The van der Waals surface area contributed by atoms with Gasteiger partial charge in [0.25, 0.3) is 10.0 Å². The van der Waals surface area contributed by atoms with Crippen LogP contribution < -0.4 is 4.72 Å². The van der Waals surface area contributed by atoms with Gasteiger partial charge in [-0.15, -0.1) is 0 Å². The average Bonchev–Trinajstić information content (AvgIpc) is 2.69. The number of aliphatic hydroxyl groups is 1. The minimum absolute atomic E-state index is 0.142. The number of nitrogens with zero attached hydrogens (tertiary/aromatic N) is 1. The second-order valence-electron chi connectivity index (χ2n) is 4.92. The first kappa shape index (κ1) is 14.6. The lowest BCUT2D eigenvalue weighted by atomic mass is 10.1. The summed E-state index contributed by atoms with van der Waals surface area (Å²) in [4.78, 5) is 0.142. The molecule has 0 atom stereocenters. The van der Waals surface area contributed by atoms with E-state index in [1.54, 1.807) is 23.7 Å². The van der Waals surface area contributed by atoms with Crippen LogP contribution in [0.15, 0.2) is 35.4 Å². The van der Waals surface area contributed by atoms with Crippen molar-refractivity contribution >= 4 is 15.7 Å². The molecule has 0 bridgehead atoms. The molecule has 108 valence electrons. The van der Waals surface area contributed by atoms with Crippen molar-refractivity contribution in [3.8, 4) is 0 Å². The first-order valence-electron chi connectivity index (χ1n) is 6.19. The van der Waals surface area contributed by atoms with E-state index in [1.807, 2.05) is 19.9 Å². The number of anilines is 1. The quantitative estimate of drug-likeness (QED) is 0.905. The molecule has 6 heteroatoms. The van der Waals surface area contributed by atoms with Crippen LogP contribution >= 0.6 is 0 Å². The van der Waals surface area contributed by atoms with E-state index in [0.29, 0.717) is 11.4 Å². The second-order valence-corrected chi connectivity index (χ2v) is 6.60. The molecule has 2 aromatic rings. The number of aryl methyl sites for hydroxylation is 3. The third-order valence-corrected chi connectivity index (χ3v) is 4.38. The van der Waals surface area contributed by atoms with Gasteiger partial charge in [0.05, 0.1) is 6.61 Å². The summed E-state index contributed by atoms with van der Waals surface area (Å²) in [7, 11) is -1.94. The summed E-state index contributed by atoms with van der Waals surface area (Å²) in [6.07, 6.45) is 1.48. The Morgan fingerprint density at radius 2 is 1.75 bits per heavy atom. The van der Waals surface area contributed by atoms with Gasteiger partial charge in [0, 0.05) is 24.6 Å². The zero-order chi connectivity index (χ0) is 14.9. The lowest BCUT2D eigenvalue weighted by Gasteiger charge is -2.08. The minimum atomic E-state index is -3.64. The summed E-state index contributed by atoms with van der Waals surface area (Å²) in [5, 5.41) is 9.12. The van der Waals surface area contributed by atoms with Gasteiger partial charge in [0.2, 0.25) is 0 Å². The van der Waals surface area contributed by atoms with E-state index in [4.69, 9.17) is 5.11 Å². The normalized spacial score (nSPS) is 11.6. The molecule has 1 aromatic carbocycles. The Balaban J connectivity index is 2.35. The first-order valence-corrected chi connectivity index (χ1v) is 7.67. The number of hydrogen-bond acceptors (Lipinski definition) is 3. The second kappa shape index (κ2) is 5.30. The molecule has 20 heavy (non-hydrogen) atoms. The Kier molecular flexibility index (Phi) is 3.87. The molecule has 0 unspecified atom stereocenters. The molecule has 0 aliphatic carbocycles. The van der Waals surface area contributed by atoms with Crippen molar-refractivity contribution in [1.29, 1.82) is 0 Å². The molecule has 2 rings (SSSR count). The van der Waals surface area contributed by atoms with E-state index in [9.17, 15) is 8.42 Å². The molecule has 0 aliphatic rings. The number of sulfonamides is 1. The fourth-order valence-electron chi connectivity index (χ4n) is 2.13. The summed E-state index contributed by atoms with van der Waals surface area (Å²) < 4.78 is 28.8. The summed E-state index contributed by atoms with van der Waals surface area (Å²) >= 11 is 0. The third-order valence-electron chi connectivity index (χ3n) is 3.03. The number of rotatable bonds is 4. The van der Waals surface area contributed by atoms with Crippen LogP contribution in [0.2, 0.25) is 0 Å². The minimum Gasteiger partial charge on any atom is -0.390 e. The topological polar surface area (TPSA) is 71.3 Å². The maximum absolute atomic E-state index is 12.3. The van der Waals surface area contributed by atoms with Crippen molar-refractivity contribution in [3.05, 3.63) is 47.3 Å². The van der Waals surface area contributed by atoms with E-state index in [2.05, 4.69) is 4.72 Å². The Bertz CT molecular complexity index is 713. The third kappa shape index (κ3) is 3.02. The molecule has 2 N–H and O–H groups in total. The maximum Gasteiger partial charge on any atom is 0.263 e. The predicted molar refractivity (Wildman–Crippen MR) is 78.1 cm³/mol. The largest absolute Gasteiger partial charge is 0.390 e. The predicted octanol–water partition coefficient (Wildman–Crippen LogP) is 1.94. The van der Waals surface area contributed by atoms with Gasteiger partial charge in [0.15, 0.2) is 0 Å². The number of hydrogen-bond donors (Lipinski definition) is 2. The molecule has 0 amide bonds. The van der Waals surface area contributed by atoms with Gasteiger partial charge in [-0.1, -0.05) is 6.07 Å². The van der Waals surface area contributed by atoms with E-state index >= 15 is 0 Å². The highest BCUT2D eigenvalue weighted by atomic mass is 32.2. The van der Waals surface area contributed by atoms with Crippen LogP contribution in [0.25, 0.3) is 0 Å². The van der Waals surface area contributed by atoms with Crippen molar-refractivity contribution in [1.82, 2.24) is 4.57 Å². The van der Waals surface area contributed by atoms with Crippen LogP contribution in [0.5, 0.6) is 0 Å². The van der Waals surface area contributed by atoms with Gasteiger partial charge in [-0.05, 0) is 43.2 Å². The molecule has 0 aliphatic heterocycles. The summed E-state index contributed by atoms with van der Waals surface area (Å²) in [5.74, 6) is 0. The van der Waals surface area contributed by atoms with E-state index in [1.165, 1.54) is 12.3 Å². The standard InChI is InChI=1S/C14H18N2O3S/c1-10-4-11(2)6-12(5-10)15-20(18,19)14-7-13(9-17)16(3)8-14/h4-8,15,17H,9H2,1-3H3. The fourth-order valence-corrected chi connectivity index (χ4v) is 3.26. The zero-order valence-electron chi connectivity index (χ0n) is 11.7. The number of aliphatic hydroxyl groups excluding tert-OH is 1. The molecule has 5 nitrogen and oxygen atoms in total. The summed E-state index contributed by atoms with van der Waals surface area (Å²) in [5.41, 5.74) is 3.07. The van der Waals surface area contributed by atoms with E-state index in [-0.39, 0.29) is 11.5 Å². The fraction of sp³-hybridized carbons (Fsp3) is 0.286. The summed E-state index contributed by atoms with van der Waals surface area (Å²) in [6, 6.07) is 7.00. The van der Waals surface area contributed by atoms with Crippen LogP contribution in [0.3, 0.4) is 0 Å². The molecule has 0 spiro atoms. The highest BCUT2D eigenvalue weighted by Crippen LogP contribution is 2.20. The van der Waals surface area contributed by atoms with Gasteiger partial charge < -0.3 is 9.67 Å². The highest BCUT2D eigenvalue weighted by molar-refractivity contribution is 7.92. The molecular formula is C14H18N2O3S. The molecule has 1 aromatic heterocycles. The van der Waals surface area contributed by atoms with Crippen molar-refractivity contribution in [2.75, 3.05) is 4.72 Å². The SMILES string of the molecule is Cc1cc(C)cc(NS(=O)(=O)c2cc(CO)n(C)c2)c1. The monoisotopic (exact) mass is 294 g/mol. The number of nitrogens with one attached hydrogen (secondary N) is 1. The van der Waals surface area contributed by atoms with Crippen LogP contribution in [-0.4, -0.2) is 18.1 Å². The average molecular weight is 294 g/mol. The lowest BCUT2D eigenvalue weighted by molar-refractivity contribution is 0.272. The zero-order valence-corrected chi connectivity index (χ0v) is 12.5. The summed E-state index contributed by atoms with van der Waals surface area (Å²) in [6.45, 7) is 3.63. The molecule has 0 fully saturated rings. The number of benzene rings is 1. The van der Waals surface area contributed by atoms with Gasteiger partial charge in [-0.2, -0.15) is 0 Å². The van der Waals surface area contributed by atoms with Gasteiger partial charge >= 0.3 is 0 Å². The maximum atomic E-state index is 12.3. The lowest BCUT2D eigenvalue weighted by Crippen LogP contribution is -2.12. The first-order chi connectivity index (χ1) is 9.31. The van der Waals surface area contributed by atoms with Crippen LogP contribution in [0, 0.1) is 13.8 Å². The van der Waals surface area contributed by atoms with Crippen molar-refractivity contribution < 1.29 is 13.5 Å². The van der Waals surface area contributed by atoms with Crippen LogP contribution in [0.1, 0.15) is 16.8 Å².